The van der Waals surface area contributed by atoms with Gasteiger partial charge in [-0.15, -0.1) is 0 Å². The third-order valence-electron chi connectivity index (χ3n) is 4.48. The molecule has 17 heavy (non-hydrogen) atoms. The van der Waals surface area contributed by atoms with Gasteiger partial charge in [-0.05, 0) is 26.2 Å². The van der Waals surface area contributed by atoms with Gasteiger partial charge in [-0.3, -0.25) is 4.90 Å². The lowest BCUT2D eigenvalue weighted by Gasteiger charge is -2.49. The van der Waals surface area contributed by atoms with Crippen LogP contribution in [0.15, 0.2) is 0 Å². The highest BCUT2D eigenvalue weighted by atomic mass is 16.5. The Morgan fingerprint density at radius 1 is 1.35 bits per heavy atom. The molecule has 2 unspecified atom stereocenters. The summed E-state index contributed by atoms with van der Waals surface area (Å²) in [6.45, 7) is 12.3. The minimum atomic E-state index is 0.313. The second-order valence-electron chi connectivity index (χ2n) is 5.41. The Balaban J connectivity index is 2.73. The Labute approximate surface area is 107 Å². The first-order chi connectivity index (χ1) is 8.12. The predicted molar refractivity (Wildman–Crippen MR) is 73.4 cm³/mol. The lowest BCUT2D eigenvalue weighted by molar-refractivity contribution is 0.00933. The third-order valence-corrected chi connectivity index (χ3v) is 4.48. The lowest BCUT2D eigenvalue weighted by atomic mass is 9.87. The standard InChI is InChI=1S/C14H30N2O/c1-6-13(10-17-5)16-11-14(7-2,8-3)15-9-12(16)4/h12-13,15H,6-11H2,1-5H3. The molecule has 0 aromatic carbocycles. The highest BCUT2D eigenvalue weighted by molar-refractivity contribution is 4.97. The summed E-state index contributed by atoms with van der Waals surface area (Å²) in [7, 11) is 1.81. The summed E-state index contributed by atoms with van der Waals surface area (Å²) in [6, 6.07) is 1.18. The fourth-order valence-electron chi connectivity index (χ4n) is 2.90. The van der Waals surface area contributed by atoms with Crippen molar-refractivity contribution in [1.82, 2.24) is 10.2 Å². The van der Waals surface area contributed by atoms with Crippen LogP contribution in [0.2, 0.25) is 0 Å². The first kappa shape index (κ1) is 14.9. The van der Waals surface area contributed by atoms with Crippen molar-refractivity contribution in [2.24, 2.45) is 0 Å². The SMILES string of the molecule is CCC(COC)N1CC(CC)(CC)NCC1C. The molecule has 1 aliphatic rings. The van der Waals surface area contributed by atoms with Gasteiger partial charge in [0.25, 0.3) is 0 Å². The fraction of sp³-hybridized carbons (Fsp3) is 1.00. The van der Waals surface area contributed by atoms with Crippen LogP contribution in [0, 0.1) is 0 Å². The Morgan fingerprint density at radius 3 is 2.47 bits per heavy atom. The largest absolute Gasteiger partial charge is 0.383 e. The number of ether oxygens (including phenoxy) is 1. The van der Waals surface area contributed by atoms with E-state index in [1.807, 2.05) is 7.11 Å². The highest BCUT2D eigenvalue weighted by Crippen LogP contribution is 2.25. The maximum Gasteiger partial charge on any atom is 0.0618 e. The zero-order valence-corrected chi connectivity index (χ0v) is 12.3. The molecule has 0 spiro atoms. The summed E-state index contributed by atoms with van der Waals surface area (Å²) in [6.07, 6.45) is 3.58. The molecule has 1 rings (SSSR count). The van der Waals surface area contributed by atoms with Crippen LogP contribution in [0.3, 0.4) is 0 Å². The molecule has 2 atom stereocenters. The molecule has 1 fully saturated rings. The van der Waals surface area contributed by atoms with Crippen molar-refractivity contribution in [1.29, 1.82) is 0 Å². The molecular formula is C14H30N2O. The molecule has 3 nitrogen and oxygen atoms in total. The van der Waals surface area contributed by atoms with Crippen LogP contribution in [-0.2, 0) is 4.74 Å². The number of hydrogen-bond donors (Lipinski definition) is 1. The van der Waals surface area contributed by atoms with E-state index in [4.69, 9.17) is 4.74 Å². The van der Waals surface area contributed by atoms with Crippen molar-refractivity contribution in [3.63, 3.8) is 0 Å². The Hall–Kier alpha value is -0.120. The Kier molecular flexibility index (Phi) is 5.90. The summed E-state index contributed by atoms with van der Waals surface area (Å²) >= 11 is 0. The number of rotatable bonds is 6. The molecule has 0 aliphatic carbocycles. The fourth-order valence-corrected chi connectivity index (χ4v) is 2.90. The molecular weight excluding hydrogens is 212 g/mol. The van der Waals surface area contributed by atoms with Gasteiger partial charge in [0.2, 0.25) is 0 Å². The molecule has 0 aromatic rings. The Morgan fingerprint density at radius 2 is 2.00 bits per heavy atom. The van der Waals surface area contributed by atoms with Crippen LogP contribution in [0.25, 0.3) is 0 Å². The second kappa shape index (κ2) is 6.72. The molecule has 1 saturated heterocycles. The zero-order chi connectivity index (χ0) is 12.9. The van der Waals surface area contributed by atoms with Gasteiger partial charge in [0.05, 0.1) is 6.61 Å². The molecule has 102 valence electrons. The zero-order valence-electron chi connectivity index (χ0n) is 12.3. The number of nitrogens with one attached hydrogen (secondary N) is 1. The molecule has 0 radical (unpaired) electrons. The number of nitrogens with zero attached hydrogens (tertiary/aromatic N) is 1. The monoisotopic (exact) mass is 242 g/mol. The van der Waals surface area contributed by atoms with Crippen LogP contribution in [0.4, 0.5) is 0 Å². The first-order valence-electron chi connectivity index (χ1n) is 7.12. The van der Waals surface area contributed by atoms with Crippen LogP contribution in [-0.4, -0.2) is 49.3 Å². The average molecular weight is 242 g/mol. The molecule has 1 heterocycles. The van der Waals surface area contributed by atoms with Crippen molar-refractivity contribution in [3.8, 4) is 0 Å². The molecule has 1 aliphatic heterocycles. The van der Waals surface area contributed by atoms with E-state index in [1.54, 1.807) is 0 Å². The van der Waals surface area contributed by atoms with Crippen LogP contribution in [0.1, 0.15) is 47.0 Å². The minimum Gasteiger partial charge on any atom is -0.383 e. The van der Waals surface area contributed by atoms with Crippen LogP contribution in [0.5, 0.6) is 0 Å². The maximum atomic E-state index is 5.37. The van der Waals surface area contributed by atoms with E-state index in [0.29, 0.717) is 17.6 Å². The van der Waals surface area contributed by atoms with Crippen molar-refractivity contribution >= 4 is 0 Å². The number of piperazine rings is 1. The quantitative estimate of drug-likeness (QED) is 0.773. The van der Waals surface area contributed by atoms with E-state index >= 15 is 0 Å². The van der Waals surface area contributed by atoms with Gasteiger partial charge in [0.1, 0.15) is 0 Å². The van der Waals surface area contributed by atoms with E-state index in [-0.39, 0.29) is 0 Å². The summed E-state index contributed by atoms with van der Waals surface area (Å²) in [5, 5.41) is 3.75. The van der Waals surface area contributed by atoms with Crippen molar-refractivity contribution < 1.29 is 4.74 Å². The summed E-state index contributed by atoms with van der Waals surface area (Å²) < 4.78 is 5.37. The van der Waals surface area contributed by atoms with E-state index in [1.165, 1.54) is 19.3 Å². The normalized spacial score (nSPS) is 27.0. The van der Waals surface area contributed by atoms with Gasteiger partial charge in [0, 0.05) is 37.8 Å². The van der Waals surface area contributed by atoms with Gasteiger partial charge >= 0.3 is 0 Å². The topological polar surface area (TPSA) is 24.5 Å². The smallest absolute Gasteiger partial charge is 0.0618 e. The van der Waals surface area contributed by atoms with Gasteiger partial charge in [-0.1, -0.05) is 20.8 Å². The average Bonchev–Trinajstić information content (AvgIpc) is 2.37. The van der Waals surface area contributed by atoms with E-state index in [9.17, 15) is 0 Å². The number of hydrogen-bond acceptors (Lipinski definition) is 3. The molecule has 0 saturated carbocycles. The third kappa shape index (κ3) is 3.43. The second-order valence-corrected chi connectivity index (χ2v) is 5.41. The Bertz CT molecular complexity index is 216. The first-order valence-corrected chi connectivity index (χ1v) is 7.12. The van der Waals surface area contributed by atoms with E-state index in [0.717, 1.165) is 19.7 Å². The number of methoxy groups -OCH3 is 1. The lowest BCUT2D eigenvalue weighted by Crippen LogP contribution is -2.65. The molecule has 3 heteroatoms. The minimum absolute atomic E-state index is 0.313. The maximum absolute atomic E-state index is 5.37. The molecule has 0 bridgehead atoms. The molecule has 1 N–H and O–H groups in total. The molecule has 0 amide bonds. The van der Waals surface area contributed by atoms with Gasteiger partial charge in [0.15, 0.2) is 0 Å². The van der Waals surface area contributed by atoms with Crippen molar-refractivity contribution in [2.75, 3.05) is 26.8 Å². The molecule has 0 aromatic heterocycles. The highest BCUT2D eigenvalue weighted by Gasteiger charge is 2.37. The van der Waals surface area contributed by atoms with Gasteiger partial charge in [-0.25, -0.2) is 0 Å². The van der Waals surface area contributed by atoms with Gasteiger partial charge < -0.3 is 10.1 Å². The van der Waals surface area contributed by atoms with Crippen LogP contribution >= 0.6 is 0 Å². The summed E-state index contributed by atoms with van der Waals surface area (Å²) in [5.74, 6) is 0. The predicted octanol–water partition coefficient (Wildman–Crippen LogP) is 2.26. The summed E-state index contributed by atoms with van der Waals surface area (Å²) in [5.41, 5.74) is 0.313. The summed E-state index contributed by atoms with van der Waals surface area (Å²) in [4.78, 5) is 2.65. The van der Waals surface area contributed by atoms with E-state index in [2.05, 4.69) is 37.9 Å². The van der Waals surface area contributed by atoms with Crippen molar-refractivity contribution in [2.45, 2.75) is 64.6 Å². The van der Waals surface area contributed by atoms with E-state index < -0.39 is 0 Å². The van der Waals surface area contributed by atoms with Crippen LogP contribution < -0.4 is 5.32 Å². The van der Waals surface area contributed by atoms with Crippen molar-refractivity contribution in [3.05, 3.63) is 0 Å². The van der Waals surface area contributed by atoms with Gasteiger partial charge in [-0.2, -0.15) is 0 Å².